The van der Waals surface area contributed by atoms with Crippen molar-refractivity contribution in [1.82, 2.24) is 5.32 Å². The second-order valence-corrected chi connectivity index (χ2v) is 4.66. The number of benzene rings is 1. The van der Waals surface area contributed by atoms with Crippen molar-refractivity contribution in [2.75, 3.05) is 6.54 Å². The number of non-ortho nitro benzene ring substituents is 1. The molecular weight excluding hydrogens is 216 g/mol. The van der Waals surface area contributed by atoms with Gasteiger partial charge in [0, 0.05) is 18.2 Å². The van der Waals surface area contributed by atoms with E-state index in [9.17, 15) is 10.1 Å². The van der Waals surface area contributed by atoms with Gasteiger partial charge in [-0.05, 0) is 31.4 Å². The van der Waals surface area contributed by atoms with E-state index in [4.69, 9.17) is 0 Å². The molecule has 0 radical (unpaired) electrons. The summed E-state index contributed by atoms with van der Waals surface area (Å²) < 4.78 is 0. The summed E-state index contributed by atoms with van der Waals surface area (Å²) in [6.45, 7) is 7.44. The lowest BCUT2D eigenvalue weighted by Crippen LogP contribution is -2.32. The van der Waals surface area contributed by atoms with Crippen LogP contribution in [0.15, 0.2) is 24.3 Å². The molecule has 0 aliphatic heterocycles. The Morgan fingerprint density at radius 1 is 1.24 bits per heavy atom. The van der Waals surface area contributed by atoms with Crippen molar-refractivity contribution < 1.29 is 4.92 Å². The standard InChI is InChI=1S/C13H20N2O2/c1-10(2)11(3)14-9-8-12-4-6-13(7-5-12)15(16)17/h4-7,10-11,14H,8-9H2,1-3H3. The average molecular weight is 236 g/mol. The minimum atomic E-state index is -0.372. The lowest BCUT2D eigenvalue weighted by atomic mass is 10.1. The van der Waals surface area contributed by atoms with Gasteiger partial charge in [0.05, 0.1) is 4.92 Å². The summed E-state index contributed by atoms with van der Waals surface area (Å²) in [5, 5.41) is 13.9. The van der Waals surface area contributed by atoms with Crippen LogP contribution in [0.4, 0.5) is 5.69 Å². The fourth-order valence-corrected chi connectivity index (χ4v) is 1.46. The van der Waals surface area contributed by atoms with Gasteiger partial charge in [-0.25, -0.2) is 0 Å². The summed E-state index contributed by atoms with van der Waals surface area (Å²) in [5.41, 5.74) is 1.27. The van der Waals surface area contributed by atoms with E-state index in [0.29, 0.717) is 12.0 Å². The molecule has 1 unspecified atom stereocenters. The minimum absolute atomic E-state index is 0.150. The number of hydrogen-bond donors (Lipinski definition) is 1. The van der Waals surface area contributed by atoms with Crippen LogP contribution in [-0.2, 0) is 6.42 Å². The number of nitrogens with zero attached hydrogens (tertiary/aromatic N) is 1. The van der Waals surface area contributed by atoms with E-state index in [-0.39, 0.29) is 10.6 Å². The summed E-state index contributed by atoms with van der Waals surface area (Å²) in [7, 11) is 0. The quantitative estimate of drug-likeness (QED) is 0.610. The Labute approximate surface area is 102 Å². The first-order chi connectivity index (χ1) is 8.00. The van der Waals surface area contributed by atoms with Crippen molar-refractivity contribution >= 4 is 5.69 Å². The van der Waals surface area contributed by atoms with Crippen molar-refractivity contribution in [2.45, 2.75) is 33.2 Å². The fraction of sp³-hybridized carbons (Fsp3) is 0.538. The van der Waals surface area contributed by atoms with Crippen LogP contribution in [0.25, 0.3) is 0 Å². The average Bonchev–Trinajstić information content (AvgIpc) is 2.29. The second-order valence-electron chi connectivity index (χ2n) is 4.66. The molecule has 1 aromatic rings. The maximum absolute atomic E-state index is 10.5. The Hall–Kier alpha value is -1.42. The zero-order chi connectivity index (χ0) is 12.8. The predicted molar refractivity (Wildman–Crippen MR) is 69.1 cm³/mol. The van der Waals surface area contributed by atoms with Crippen LogP contribution in [-0.4, -0.2) is 17.5 Å². The molecule has 0 amide bonds. The van der Waals surface area contributed by atoms with E-state index >= 15 is 0 Å². The van der Waals surface area contributed by atoms with Crippen molar-refractivity contribution in [3.05, 3.63) is 39.9 Å². The molecule has 0 bridgehead atoms. The first-order valence-corrected chi connectivity index (χ1v) is 5.97. The zero-order valence-electron chi connectivity index (χ0n) is 10.6. The van der Waals surface area contributed by atoms with Gasteiger partial charge in [0.2, 0.25) is 0 Å². The van der Waals surface area contributed by atoms with Gasteiger partial charge in [0.25, 0.3) is 5.69 Å². The highest BCUT2D eigenvalue weighted by atomic mass is 16.6. The number of hydrogen-bond acceptors (Lipinski definition) is 3. The maximum atomic E-state index is 10.5. The van der Waals surface area contributed by atoms with E-state index < -0.39 is 0 Å². The molecule has 1 N–H and O–H groups in total. The summed E-state index contributed by atoms with van der Waals surface area (Å²) in [5.74, 6) is 0.617. The molecule has 1 atom stereocenters. The summed E-state index contributed by atoms with van der Waals surface area (Å²) in [6, 6.07) is 7.25. The van der Waals surface area contributed by atoms with Crippen molar-refractivity contribution in [3.63, 3.8) is 0 Å². The molecule has 1 aromatic carbocycles. The lowest BCUT2D eigenvalue weighted by molar-refractivity contribution is -0.384. The van der Waals surface area contributed by atoms with Crippen LogP contribution in [0.5, 0.6) is 0 Å². The normalized spacial score (nSPS) is 12.7. The van der Waals surface area contributed by atoms with Gasteiger partial charge < -0.3 is 5.32 Å². The van der Waals surface area contributed by atoms with E-state index in [0.717, 1.165) is 18.5 Å². The van der Waals surface area contributed by atoms with E-state index in [1.165, 1.54) is 0 Å². The number of nitrogens with one attached hydrogen (secondary N) is 1. The van der Waals surface area contributed by atoms with Crippen LogP contribution in [0.3, 0.4) is 0 Å². The SMILES string of the molecule is CC(C)C(C)NCCc1ccc([N+](=O)[O-])cc1. The van der Waals surface area contributed by atoms with Crippen molar-refractivity contribution in [1.29, 1.82) is 0 Å². The molecule has 0 saturated heterocycles. The Morgan fingerprint density at radius 3 is 2.29 bits per heavy atom. The predicted octanol–water partition coefficient (Wildman–Crippen LogP) is 2.77. The number of rotatable bonds is 6. The Bertz CT molecular complexity index is 360. The van der Waals surface area contributed by atoms with E-state index in [1.54, 1.807) is 12.1 Å². The number of nitro benzene ring substituents is 1. The molecule has 4 heteroatoms. The van der Waals surface area contributed by atoms with Crippen LogP contribution in [0.1, 0.15) is 26.3 Å². The molecule has 0 aliphatic carbocycles. The Balaban J connectivity index is 2.40. The van der Waals surface area contributed by atoms with Crippen LogP contribution < -0.4 is 5.32 Å². The molecule has 4 nitrogen and oxygen atoms in total. The summed E-state index contributed by atoms with van der Waals surface area (Å²) >= 11 is 0. The molecule has 1 rings (SSSR count). The Kier molecular flexibility index (Phi) is 5.10. The summed E-state index contributed by atoms with van der Waals surface area (Å²) in [4.78, 5) is 10.1. The van der Waals surface area contributed by atoms with Gasteiger partial charge >= 0.3 is 0 Å². The van der Waals surface area contributed by atoms with Crippen LogP contribution in [0, 0.1) is 16.0 Å². The van der Waals surface area contributed by atoms with E-state index in [1.807, 2.05) is 12.1 Å². The van der Waals surface area contributed by atoms with Gasteiger partial charge in [-0.1, -0.05) is 26.0 Å². The molecular formula is C13H20N2O2. The number of nitro groups is 1. The van der Waals surface area contributed by atoms with Gasteiger partial charge in [-0.2, -0.15) is 0 Å². The molecule has 0 saturated carbocycles. The van der Waals surface area contributed by atoms with Gasteiger partial charge in [-0.15, -0.1) is 0 Å². The first kappa shape index (κ1) is 13.6. The van der Waals surface area contributed by atoms with E-state index in [2.05, 4.69) is 26.1 Å². The highest BCUT2D eigenvalue weighted by Crippen LogP contribution is 2.12. The molecule has 0 fully saturated rings. The maximum Gasteiger partial charge on any atom is 0.269 e. The smallest absolute Gasteiger partial charge is 0.269 e. The molecule has 17 heavy (non-hydrogen) atoms. The third kappa shape index (κ3) is 4.53. The van der Waals surface area contributed by atoms with Gasteiger partial charge in [-0.3, -0.25) is 10.1 Å². The minimum Gasteiger partial charge on any atom is -0.314 e. The fourth-order valence-electron chi connectivity index (χ4n) is 1.46. The molecule has 0 aromatic heterocycles. The van der Waals surface area contributed by atoms with Gasteiger partial charge in [0.15, 0.2) is 0 Å². The highest BCUT2D eigenvalue weighted by Gasteiger charge is 2.06. The lowest BCUT2D eigenvalue weighted by Gasteiger charge is -2.17. The largest absolute Gasteiger partial charge is 0.314 e. The topological polar surface area (TPSA) is 55.2 Å². The second kappa shape index (κ2) is 6.35. The van der Waals surface area contributed by atoms with Crippen LogP contribution >= 0.6 is 0 Å². The summed E-state index contributed by atoms with van der Waals surface area (Å²) in [6.07, 6.45) is 0.898. The van der Waals surface area contributed by atoms with Crippen LogP contribution in [0.2, 0.25) is 0 Å². The van der Waals surface area contributed by atoms with Crippen molar-refractivity contribution in [2.24, 2.45) is 5.92 Å². The first-order valence-electron chi connectivity index (χ1n) is 5.97. The third-order valence-electron chi connectivity index (χ3n) is 3.03. The monoisotopic (exact) mass is 236 g/mol. The molecule has 0 heterocycles. The highest BCUT2D eigenvalue weighted by molar-refractivity contribution is 5.32. The van der Waals surface area contributed by atoms with Crippen molar-refractivity contribution in [3.8, 4) is 0 Å². The zero-order valence-corrected chi connectivity index (χ0v) is 10.6. The molecule has 0 spiro atoms. The van der Waals surface area contributed by atoms with Gasteiger partial charge in [0.1, 0.15) is 0 Å². The molecule has 0 aliphatic rings. The third-order valence-corrected chi connectivity index (χ3v) is 3.03. The molecule has 94 valence electrons. The Morgan fingerprint density at radius 2 is 1.82 bits per heavy atom.